The molecule has 0 aliphatic carbocycles. The summed E-state index contributed by atoms with van der Waals surface area (Å²) in [5.41, 5.74) is 1.19. The molecule has 270 valence electrons. The van der Waals surface area contributed by atoms with E-state index in [-0.39, 0.29) is 73.3 Å². The molecule has 0 saturated carbocycles. The van der Waals surface area contributed by atoms with Crippen molar-refractivity contribution < 1.29 is 33.4 Å². The zero-order valence-electron chi connectivity index (χ0n) is 30.1. The van der Waals surface area contributed by atoms with Crippen molar-refractivity contribution in [1.29, 1.82) is 0 Å². The lowest BCUT2D eigenvalue weighted by Gasteiger charge is -2.34. The Morgan fingerprint density at radius 1 is 1.06 bits per heavy atom. The van der Waals surface area contributed by atoms with Gasteiger partial charge in [0, 0.05) is 50.7 Å². The molecule has 5 atom stereocenters. The highest BCUT2D eigenvalue weighted by Gasteiger charge is 2.32. The summed E-state index contributed by atoms with van der Waals surface area (Å²) < 4.78 is 10.9. The lowest BCUT2D eigenvalue weighted by atomic mass is 9.94. The second kappa shape index (κ2) is 19.5. The van der Waals surface area contributed by atoms with Crippen LogP contribution in [0.3, 0.4) is 0 Å². The number of Topliss-reactive ketones (excluding diaryl/α,β-unsaturated/α-hetero) is 1. The highest BCUT2D eigenvalue weighted by Crippen LogP contribution is 2.31. The minimum Gasteiger partial charge on any atom is -0.466 e. The Bertz CT molecular complexity index is 1400. The van der Waals surface area contributed by atoms with Crippen molar-refractivity contribution in [3.63, 3.8) is 0 Å². The number of ketones is 1. The molecular formula is C37H54N4O7S. The zero-order valence-corrected chi connectivity index (χ0v) is 30.9. The van der Waals surface area contributed by atoms with Crippen LogP contribution in [0.25, 0.3) is 0 Å². The number of carbonyl (C=O) groups is 5. The van der Waals surface area contributed by atoms with Gasteiger partial charge in [-0.25, -0.2) is 4.98 Å². The third-order valence-corrected chi connectivity index (χ3v) is 10.1. The standard InChI is InChI=1S/C37H54N4O7S/c1-8-47-37(46)25(4)20-28(21-27-14-10-9-11-15-27)38-35(45)29-23-49-36(39-29)33(48-26(5)42)22-31(24(2)3)41(7)34(44)18-17-32(43)30-16-12-13-19-40(30)6/h9-11,14-15,23-25,28,30-31,33H,8,12-13,16-22H2,1-7H3,(H,38,45)/t25-,28+,30+,31+,33+/m0/s1. The number of thiazole rings is 1. The summed E-state index contributed by atoms with van der Waals surface area (Å²) >= 11 is 1.21. The predicted molar refractivity (Wildman–Crippen MR) is 189 cm³/mol. The number of rotatable bonds is 18. The fourth-order valence-electron chi connectivity index (χ4n) is 6.44. The molecule has 1 fully saturated rings. The maximum atomic E-state index is 13.5. The van der Waals surface area contributed by atoms with Crippen LogP contribution in [0, 0.1) is 11.8 Å². The van der Waals surface area contributed by atoms with Crippen LogP contribution in [0.15, 0.2) is 35.7 Å². The minimum atomic E-state index is -0.784. The summed E-state index contributed by atoms with van der Waals surface area (Å²) in [6, 6.07) is 8.91. The maximum Gasteiger partial charge on any atom is 0.308 e. The molecule has 1 aromatic carbocycles. The molecule has 0 bridgehead atoms. The van der Waals surface area contributed by atoms with Crippen LogP contribution in [-0.4, -0.2) is 89.7 Å². The van der Waals surface area contributed by atoms with E-state index in [1.165, 1.54) is 18.3 Å². The number of benzene rings is 1. The summed E-state index contributed by atoms with van der Waals surface area (Å²) in [6.07, 6.45) is 3.62. The number of amides is 2. The van der Waals surface area contributed by atoms with Gasteiger partial charge in [0.2, 0.25) is 5.91 Å². The molecule has 1 aliphatic heterocycles. The van der Waals surface area contributed by atoms with E-state index in [2.05, 4.69) is 15.2 Å². The normalized spacial score (nSPS) is 17.4. The van der Waals surface area contributed by atoms with Crippen LogP contribution < -0.4 is 5.32 Å². The van der Waals surface area contributed by atoms with Gasteiger partial charge in [-0.3, -0.25) is 28.9 Å². The minimum absolute atomic E-state index is 0.00931. The number of hydrogen-bond acceptors (Lipinski definition) is 10. The van der Waals surface area contributed by atoms with Gasteiger partial charge in [0.25, 0.3) is 5.91 Å². The van der Waals surface area contributed by atoms with E-state index in [4.69, 9.17) is 9.47 Å². The van der Waals surface area contributed by atoms with E-state index >= 15 is 0 Å². The first-order chi connectivity index (χ1) is 23.3. The number of ether oxygens (including phenoxy) is 2. The lowest BCUT2D eigenvalue weighted by molar-refractivity contribution is -0.149. The lowest BCUT2D eigenvalue weighted by Crippen LogP contribution is -2.44. The Kier molecular flexibility index (Phi) is 15.9. The van der Waals surface area contributed by atoms with Gasteiger partial charge in [-0.15, -0.1) is 11.3 Å². The number of carbonyl (C=O) groups excluding carboxylic acids is 5. The van der Waals surface area contributed by atoms with Crippen molar-refractivity contribution in [2.75, 3.05) is 27.2 Å². The van der Waals surface area contributed by atoms with Gasteiger partial charge in [0.05, 0.1) is 18.6 Å². The number of esters is 2. The molecular weight excluding hydrogens is 644 g/mol. The fraction of sp³-hybridized carbons (Fsp3) is 0.622. The van der Waals surface area contributed by atoms with Crippen molar-refractivity contribution >= 4 is 40.9 Å². The van der Waals surface area contributed by atoms with E-state index in [0.29, 0.717) is 17.8 Å². The molecule has 0 radical (unpaired) electrons. The third-order valence-electron chi connectivity index (χ3n) is 9.17. The molecule has 1 aliphatic rings. The summed E-state index contributed by atoms with van der Waals surface area (Å²) in [7, 11) is 3.68. The molecule has 12 heteroatoms. The van der Waals surface area contributed by atoms with Crippen LogP contribution in [0.2, 0.25) is 0 Å². The van der Waals surface area contributed by atoms with Crippen molar-refractivity contribution in [3.05, 3.63) is 52.0 Å². The van der Waals surface area contributed by atoms with Crippen LogP contribution in [0.5, 0.6) is 0 Å². The summed E-state index contributed by atoms with van der Waals surface area (Å²) in [5.74, 6) is -1.68. The van der Waals surface area contributed by atoms with Gasteiger partial charge in [-0.1, -0.05) is 57.5 Å². The van der Waals surface area contributed by atoms with Gasteiger partial charge in [-0.05, 0) is 57.7 Å². The highest BCUT2D eigenvalue weighted by molar-refractivity contribution is 7.09. The van der Waals surface area contributed by atoms with Gasteiger partial charge >= 0.3 is 11.9 Å². The Balaban J connectivity index is 1.72. The molecule has 11 nitrogen and oxygen atoms in total. The molecule has 1 N–H and O–H groups in total. The third kappa shape index (κ3) is 12.3. The molecule has 0 unspecified atom stereocenters. The van der Waals surface area contributed by atoms with E-state index in [9.17, 15) is 24.0 Å². The molecule has 1 saturated heterocycles. The van der Waals surface area contributed by atoms with E-state index < -0.39 is 23.9 Å². The molecule has 3 rings (SSSR count). The quantitative estimate of drug-likeness (QED) is 0.204. The Morgan fingerprint density at radius 2 is 1.78 bits per heavy atom. The van der Waals surface area contributed by atoms with Gasteiger partial charge < -0.3 is 19.7 Å². The maximum absolute atomic E-state index is 13.5. The van der Waals surface area contributed by atoms with Crippen LogP contribution in [-0.2, 0) is 35.1 Å². The Hall–Kier alpha value is -3.64. The van der Waals surface area contributed by atoms with E-state index in [1.807, 2.05) is 51.2 Å². The molecule has 0 spiro atoms. The van der Waals surface area contributed by atoms with Gasteiger partial charge in [0.15, 0.2) is 6.10 Å². The Morgan fingerprint density at radius 3 is 2.41 bits per heavy atom. The summed E-state index contributed by atoms with van der Waals surface area (Å²) in [5, 5.41) is 5.12. The molecule has 2 heterocycles. The van der Waals surface area contributed by atoms with Gasteiger partial charge in [-0.2, -0.15) is 0 Å². The Labute approximate surface area is 295 Å². The second-order valence-corrected chi connectivity index (χ2v) is 14.3. The molecule has 2 amide bonds. The van der Waals surface area contributed by atoms with E-state index in [1.54, 1.807) is 31.2 Å². The first kappa shape index (κ1) is 39.8. The van der Waals surface area contributed by atoms with Crippen LogP contribution >= 0.6 is 11.3 Å². The number of aromatic nitrogens is 1. The van der Waals surface area contributed by atoms with E-state index in [0.717, 1.165) is 31.4 Å². The first-order valence-electron chi connectivity index (χ1n) is 17.4. The van der Waals surface area contributed by atoms with Crippen molar-refractivity contribution in [2.45, 2.75) is 110 Å². The smallest absolute Gasteiger partial charge is 0.308 e. The average molecular weight is 699 g/mol. The van der Waals surface area contributed by atoms with Crippen LogP contribution in [0.4, 0.5) is 0 Å². The number of piperidine rings is 1. The summed E-state index contributed by atoms with van der Waals surface area (Å²) in [4.78, 5) is 72.7. The summed E-state index contributed by atoms with van der Waals surface area (Å²) in [6.45, 7) is 10.0. The first-order valence-corrected chi connectivity index (χ1v) is 18.3. The van der Waals surface area contributed by atoms with Gasteiger partial charge in [0.1, 0.15) is 16.5 Å². The second-order valence-electron chi connectivity index (χ2n) is 13.4. The number of hydrogen-bond donors (Lipinski definition) is 1. The molecule has 1 aromatic heterocycles. The average Bonchev–Trinajstić information content (AvgIpc) is 3.56. The van der Waals surface area contributed by atoms with Crippen molar-refractivity contribution in [1.82, 2.24) is 20.1 Å². The van der Waals surface area contributed by atoms with Crippen molar-refractivity contribution in [3.8, 4) is 0 Å². The fourth-order valence-corrected chi connectivity index (χ4v) is 7.27. The highest BCUT2D eigenvalue weighted by atomic mass is 32.1. The topological polar surface area (TPSA) is 135 Å². The zero-order chi connectivity index (χ0) is 36.1. The monoisotopic (exact) mass is 698 g/mol. The number of nitrogens with zero attached hydrogens (tertiary/aromatic N) is 3. The SMILES string of the molecule is CCOC(=O)[C@@H](C)C[C@H](Cc1ccccc1)NC(=O)c1csc([C@@H](C[C@H](C(C)C)N(C)C(=O)CCC(=O)[C@H]2CCCCN2C)OC(C)=O)n1. The number of nitrogens with one attached hydrogen (secondary N) is 1. The molecule has 2 aromatic rings. The van der Waals surface area contributed by atoms with Crippen molar-refractivity contribution in [2.24, 2.45) is 11.8 Å². The number of likely N-dealkylation sites (tertiary alicyclic amines) is 1. The largest absolute Gasteiger partial charge is 0.466 e. The number of likely N-dealkylation sites (N-methyl/N-ethyl adjacent to an activating group) is 1. The van der Waals surface area contributed by atoms with Crippen LogP contribution in [0.1, 0.15) is 107 Å². The predicted octanol–water partition coefficient (Wildman–Crippen LogP) is 5.38. The molecule has 49 heavy (non-hydrogen) atoms.